The van der Waals surface area contributed by atoms with Crippen molar-refractivity contribution in [3.8, 4) is 5.75 Å². The Morgan fingerprint density at radius 3 is 2.61 bits per heavy atom. The van der Waals surface area contributed by atoms with E-state index >= 15 is 0 Å². The Hall–Kier alpha value is -1.62. The molecule has 166 valence electrons. The molecule has 1 aliphatic heterocycles. The van der Waals surface area contributed by atoms with Crippen LogP contribution in [0.2, 0.25) is 5.02 Å². The van der Waals surface area contributed by atoms with E-state index in [1.165, 1.54) is 4.90 Å². The molecule has 0 radical (unpaired) electrons. The molecule has 0 bridgehead atoms. The standard InChI is InChI=1S/C23H23ClF3NO2.W/c1-4-7-16-13-30-22(18-8-6-9-21(29-3)17(18)5-2)19-12-15(24)10-11-20(19)28(16)14-23(25,26)27;/h6-12,22H,4-5,13H2,1-3H3;/t22-;/m1./s1. The van der Waals surface area contributed by atoms with Gasteiger partial charge in [0.15, 0.2) is 0 Å². The second kappa shape index (κ2) is 9.89. The number of ether oxygens (including phenoxy) is 2. The van der Waals surface area contributed by atoms with Crippen LogP contribution in [0.25, 0.3) is 0 Å². The molecule has 2 aromatic carbocycles. The molecule has 0 unspecified atom stereocenters. The third kappa shape index (κ3) is 4.92. The van der Waals surface area contributed by atoms with Crippen molar-refractivity contribution in [2.75, 3.05) is 18.6 Å². The van der Waals surface area contributed by atoms with Crippen molar-refractivity contribution in [1.82, 2.24) is 0 Å². The third-order valence-corrected chi connectivity index (χ3v) is 6.83. The van der Waals surface area contributed by atoms with Crippen LogP contribution < -0.4 is 9.64 Å². The summed E-state index contributed by atoms with van der Waals surface area (Å²) in [5.74, 6) is 0.722. The molecule has 1 heterocycles. The minimum atomic E-state index is -4.45. The molecule has 0 spiro atoms. The Labute approximate surface area is 196 Å². The summed E-state index contributed by atoms with van der Waals surface area (Å²) >= 11 is 6.63. The fraction of sp³-hybridized carbons (Fsp3) is 0.348. The van der Waals surface area contributed by atoms with Gasteiger partial charge >= 0.3 is 197 Å². The van der Waals surface area contributed by atoms with E-state index in [9.17, 15) is 13.2 Å². The normalized spacial score (nSPS) is 18.0. The second-order valence-corrected chi connectivity index (χ2v) is 8.84. The van der Waals surface area contributed by atoms with Gasteiger partial charge in [0.2, 0.25) is 0 Å². The third-order valence-electron chi connectivity index (χ3n) is 5.11. The monoisotopic (exact) mass is 621 g/mol. The van der Waals surface area contributed by atoms with Gasteiger partial charge in [-0.1, -0.05) is 0 Å². The van der Waals surface area contributed by atoms with Crippen LogP contribution in [0.5, 0.6) is 5.75 Å². The summed E-state index contributed by atoms with van der Waals surface area (Å²) < 4.78 is 52.6. The summed E-state index contributed by atoms with van der Waals surface area (Å²) in [7, 11) is 1.60. The second-order valence-electron chi connectivity index (χ2n) is 7.02. The first-order valence-corrected chi connectivity index (χ1v) is 11.7. The SMILES string of the molecule is CCC=C1CO[C@H](c2cccc(OC)c2CC)c2cc(Cl)ccc2N1[C](=[W])C(F)(F)F. The zero-order valence-corrected chi connectivity index (χ0v) is 21.1. The number of nitrogens with zero attached hydrogens (tertiary/aromatic N) is 1. The van der Waals surface area contributed by atoms with Crippen LogP contribution in [-0.2, 0) is 30.5 Å². The molecule has 0 amide bonds. The van der Waals surface area contributed by atoms with Crippen molar-refractivity contribution < 1.29 is 42.0 Å². The predicted octanol–water partition coefficient (Wildman–Crippen LogP) is 6.37. The number of anilines is 1. The summed E-state index contributed by atoms with van der Waals surface area (Å²) in [5.41, 5.74) is 3.31. The molecule has 1 atom stereocenters. The molecule has 3 nitrogen and oxygen atoms in total. The van der Waals surface area contributed by atoms with Crippen molar-refractivity contribution in [2.24, 2.45) is 0 Å². The summed E-state index contributed by atoms with van der Waals surface area (Å²) in [6.07, 6.45) is -1.98. The first-order chi connectivity index (χ1) is 14.7. The van der Waals surface area contributed by atoms with Crippen LogP contribution >= 0.6 is 11.6 Å². The Bertz CT molecular complexity index is 1010. The Morgan fingerprint density at radius 2 is 2.00 bits per heavy atom. The summed E-state index contributed by atoms with van der Waals surface area (Å²) in [6.45, 7) is 3.94. The number of methoxy groups -OCH3 is 1. The van der Waals surface area contributed by atoms with Gasteiger partial charge in [-0.05, 0) is 0 Å². The number of rotatable bonds is 5. The van der Waals surface area contributed by atoms with Crippen LogP contribution in [0, 0.1) is 0 Å². The number of allylic oxidation sites excluding steroid dienone is 1. The topological polar surface area (TPSA) is 21.7 Å². The molecule has 0 N–H and O–H groups in total. The van der Waals surface area contributed by atoms with Gasteiger partial charge in [0, 0.05) is 0 Å². The van der Waals surface area contributed by atoms with E-state index in [1.807, 2.05) is 32.0 Å². The van der Waals surface area contributed by atoms with Gasteiger partial charge in [0.05, 0.1) is 0 Å². The van der Waals surface area contributed by atoms with Crippen molar-refractivity contribution >= 4 is 21.3 Å². The Balaban J connectivity index is 2.28. The Kier molecular flexibility index (Phi) is 7.67. The molecular formula is C23H23ClF3NO2W. The van der Waals surface area contributed by atoms with Crippen LogP contribution in [0.15, 0.2) is 48.2 Å². The molecule has 1 aliphatic rings. The van der Waals surface area contributed by atoms with Gasteiger partial charge in [-0.2, -0.15) is 0 Å². The van der Waals surface area contributed by atoms with Gasteiger partial charge in [0.25, 0.3) is 0 Å². The molecule has 0 saturated carbocycles. The van der Waals surface area contributed by atoms with Crippen LogP contribution in [0.4, 0.5) is 18.9 Å². The van der Waals surface area contributed by atoms with Gasteiger partial charge in [-0.3, -0.25) is 0 Å². The maximum absolute atomic E-state index is 13.8. The molecule has 0 aromatic heterocycles. The fourth-order valence-electron chi connectivity index (χ4n) is 3.82. The molecule has 0 fully saturated rings. The number of alkyl halides is 3. The summed E-state index contributed by atoms with van der Waals surface area (Å²) in [5, 5.41) is 0.438. The zero-order chi connectivity index (χ0) is 22.8. The predicted molar refractivity (Wildman–Crippen MR) is 114 cm³/mol. The van der Waals surface area contributed by atoms with Crippen molar-refractivity contribution in [1.29, 1.82) is 0 Å². The molecule has 3 rings (SSSR count). The summed E-state index contributed by atoms with van der Waals surface area (Å²) in [6, 6.07) is 10.6. The quantitative estimate of drug-likeness (QED) is 0.388. The van der Waals surface area contributed by atoms with Gasteiger partial charge < -0.3 is 0 Å². The van der Waals surface area contributed by atoms with Crippen LogP contribution in [0.1, 0.15) is 43.1 Å². The average molecular weight is 622 g/mol. The number of hydrogen-bond acceptors (Lipinski definition) is 3. The number of fused-ring (bicyclic) bond motifs is 1. The van der Waals surface area contributed by atoms with Crippen LogP contribution in [-0.4, -0.2) is 23.9 Å². The van der Waals surface area contributed by atoms with Gasteiger partial charge in [-0.15, -0.1) is 0 Å². The van der Waals surface area contributed by atoms with Crippen molar-refractivity contribution in [3.05, 3.63) is 69.9 Å². The number of benzene rings is 2. The summed E-state index contributed by atoms with van der Waals surface area (Å²) in [4.78, 5) is 1.29. The minimum absolute atomic E-state index is 0.0397. The van der Waals surface area contributed by atoms with E-state index in [0.717, 1.165) is 16.9 Å². The first-order valence-electron chi connectivity index (χ1n) is 9.90. The van der Waals surface area contributed by atoms with E-state index in [4.69, 9.17) is 21.1 Å². The van der Waals surface area contributed by atoms with Crippen molar-refractivity contribution in [2.45, 2.75) is 39.0 Å². The maximum atomic E-state index is 13.8. The molecule has 31 heavy (non-hydrogen) atoms. The van der Waals surface area contributed by atoms with Crippen LogP contribution in [0.3, 0.4) is 0 Å². The number of hydrogen-bond donors (Lipinski definition) is 0. The molecule has 2 aromatic rings. The molecule has 0 saturated heterocycles. The average Bonchev–Trinajstić information content (AvgIpc) is 2.88. The first kappa shape index (κ1) is 24.0. The van der Waals surface area contributed by atoms with E-state index < -0.39 is 16.3 Å². The zero-order valence-electron chi connectivity index (χ0n) is 17.4. The fourth-order valence-corrected chi connectivity index (χ4v) is 4.78. The van der Waals surface area contributed by atoms with E-state index in [-0.39, 0.29) is 6.61 Å². The van der Waals surface area contributed by atoms with Gasteiger partial charge in [-0.25, -0.2) is 0 Å². The van der Waals surface area contributed by atoms with E-state index in [2.05, 4.69) is 0 Å². The van der Waals surface area contributed by atoms with Gasteiger partial charge in [0.1, 0.15) is 0 Å². The molecular weight excluding hydrogens is 599 g/mol. The Morgan fingerprint density at radius 1 is 1.26 bits per heavy atom. The molecule has 8 heteroatoms. The molecule has 0 aliphatic carbocycles. The van der Waals surface area contributed by atoms with E-state index in [0.29, 0.717) is 54.2 Å². The number of halogens is 4. The van der Waals surface area contributed by atoms with Crippen molar-refractivity contribution in [3.63, 3.8) is 0 Å². The van der Waals surface area contributed by atoms with E-state index in [1.54, 1.807) is 31.4 Å².